The highest BCUT2D eigenvalue weighted by Crippen LogP contribution is 2.40. The van der Waals surface area contributed by atoms with E-state index in [9.17, 15) is 0 Å². The maximum atomic E-state index is 6.13. The Hall–Kier alpha value is -0.860. The van der Waals surface area contributed by atoms with Gasteiger partial charge in [0.1, 0.15) is 0 Å². The van der Waals surface area contributed by atoms with E-state index in [1.165, 1.54) is 16.7 Å². The fraction of sp³-hybridized carbons (Fsp3) is 0.625. The zero-order valence-corrected chi connectivity index (χ0v) is 12.2. The predicted octanol–water partition coefficient (Wildman–Crippen LogP) is 3.94. The molecule has 0 saturated carbocycles. The molecule has 0 atom stereocenters. The average Bonchev–Trinajstić information content (AvgIpc) is 2.33. The van der Waals surface area contributed by atoms with E-state index in [1.807, 2.05) is 0 Å². The van der Waals surface area contributed by atoms with Crippen molar-refractivity contribution in [2.45, 2.75) is 46.8 Å². The fourth-order valence-corrected chi connectivity index (χ4v) is 2.40. The van der Waals surface area contributed by atoms with Crippen LogP contribution in [-0.2, 0) is 15.3 Å². The molecule has 0 spiro atoms. The topological polar surface area (TPSA) is 18.5 Å². The summed E-state index contributed by atoms with van der Waals surface area (Å²) in [5, 5.41) is 0. The smallest absolute Gasteiger partial charge is 0.194 e. The van der Waals surface area contributed by atoms with Crippen LogP contribution in [0.1, 0.15) is 43.9 Å². The Kier molecular flexibility index (Phi) is 3.52. The highest BCUT2D eigenvalue weighted by molar-refractivity contribution is 5.34. The van der Waals surface area contributed by atoms with Gasteiger partial charge in [-0.3, -0.25) is 0 Å². The molecule has 0 aromatic heterocycles. The van der Waals surface area contributed by atoms with Gasteiger partial charge in [-0.25, -0.2) is 0 Å². The molecule has 2 heteroatoms. The molecule has 2 rings (SSSR count). The Bertz CT molecular complexity index is 425. The number of ether oxygens (including phenoxy) is 2. The van der Waals surface area contributed by atoms with E-state index in [0.29, 0.717) is 0 Å². The molecule has 0 N–H and O–H groups in total. The van der Waals surface area contributed by atoms with Crippen molar-refractivity contribution in [3.8, 4) is 0 Å². The molecule has 1 fully saturated rings. The monoisotopic (exact) mass is 248 g/mol. The first-order valence-electron chi connectivity index (χ1n) is 6.74. The Labute approximate surface area is 110 Å². The van der Waals surface area contributed by atoms with E-state index < -0.39 is 5.79 Å². The van der Waals surface area contributed by atoms with Gasteiger partial charge in [-0.2, -0.15) is 0 Å². The molecule has 1 aromatic carbocycles. The van der Waals surface area contributed by atoms with Gasteiger partial charge in [0.05, 0.1) is 13.2 Å². The molecule has 1 aliphatic rings. The van der Waals surface area contributed by atoms with Crippen molar-refractivity contribution in [3.63, 3.8) is 0 Å². The summed E-state index contributed by atoms with van der Waals surface area (Å²) in [5.41, 5.74) is 3.78. The molecule has 0 amide bonds. The second-order valence-electron chi connectivity index (χ2n) is 6.17. The first kappa shape index (κ1) is 13.6. The molecule has 0 unspecified atom stereocenters. The lowest BCUT2D eigenvalue weighted by molar-refractivity contribution is -0.309. The average molecular weight is 248 g/mol. The standard InChI is InChI=1S/C16H24O2/c1-6-16(17-10-15(4,5)11-18-16)14-9-12(2)7-8-13(14)3/h7-9H,6,10-11H2,1-5H3. The summed E-state index contributed by atoms with van der Waals surface area (Å²) in [7, 11) is 0. The molecule has 0 aliphatic carbocycles. The third-order valence-corrected chi connectivity index (χ3v) is 3.66. The van der Waals surface area contributed by atoms with E-state index in [4.69, 9.17) is 9.47 Å². The molecule has 100 valence electrons. The molecule has 2 nitrogen and oxygen atoms in total. The van der Waals surface area contributed by atoms with Gasteiger partial charge in [0.2, 0.25) is 0 Å². The normalized spacial score (nSPS) is 21.8. The van der Waals surface area contributed by atoms with Crippen molar-refractivity contribution in [2.75, 3.05) is 13.2 Å². The van der Waals surface area contributed by atoms with E-state index in [-0.39, 0.29) is 5.41 Å². The minimum absolute atomic E-state index is 0.108. The molecular weight excluding hydrogens is 224 g/mol. The maximum Gasteiger partial charge on any atom is 0.194 e. The summed E-state index contributed by atoms with van der Waals surface area (Å²) < 4.78 is 12.3. The Morgan fingerprint density at radius 1 is 1.11 bits per heavy atom. The van der Waals surface area contributed by atoms with Crippen molar-refractivity contribution in [1.29, 1.82) is 0 Å². The summed E-state index contributed by atoms with van der Waals surface area (Å²) in [6.45, 7) is 12.2. The van der Waals surface area contributed by atoms with Crippen molar-refractivity contribution in [3.05, 3.63) is 34.9 Å². The van der Waals surface area contributed by atoms with Gasteiger partial charge >= 0.3 is 0 Å². The molecule has 0 radical (unpaired) electrons. The van der Waals surface area contributed by atoms with Gasteiger partial charge in [0.25, 0.3) is 0 Å². The minimum Gasteiger partial charge on any atom is -0.345 e. The van der Waals surface area contributed by atoms with Crippen molar-refractivity contribution >= 4 is 0 Å². The molecule has 1 aromatic rings. The van der Waals surface area contributed by atoms with Crippen LogP contribution in [-0.4, -0.2) is 13.2 Å². The fourth-order valence-electron chi connectivity index (χ4n) is 2.40. The Balaban J connectivity index is 2.36. The summed E-state index contributed by atoms with van der Waals surface area (Å²) in [4.78, 5) is 0. The van der Waals surface area contributed by atoms with Gasteiger partial charge < -0.3 is 9.47 Å². The summed E-state index contributed by atoms with van der Waals surface area (Å²) >= 11 is 0. The van der Waals surface area contributed by atoms with E-state index in [0.717, 1.165) is 19.6 Å². The Morgan fingerprint density at radius 2 is 1.72 bits per heavy atom. The predicted molar refractivity (Wildman–Crippen MR) is 73.6 cm³/mol. The number of benzene rings is 1. The largest absolute Gasteiger partial charge is 0.345 e. The van der Waals surface area contributed by atoms with Crippen LogP contribution in [0.15, 0.2) is 18.2 Å². The lowest BCUT2D eigenvalue weighted by atomic mass is 9.90. The van der Waals surface area contributed by atoms with Crippen molar-refractivity contribution in [1.82, 2.24) is 0 Å². The zero-order valence-electron chi connectivity index (χ0n) is 12.2. The lowest BCUT2D eigenvalue weighted by Gasteiger charge is -2.44. The zero-order chi connectivity index (χ0) is 13.4. The quantitative estimate of drug-likeness (QED) is 0.789. The molecular formula is C16H24O2. The number of aryl methyl sites for hydroxylation is 2. The number of hydrogen-bond donors (Lipinski definition) is 0. The van der Waals surface area contributed by atoms with Crippen LogP contribution >= 0.6 is 0 Å². The van der Waals surface area contributed by atoms with Gasteiger partial charge in [-0.15, -0.1) is 0 Å². The molecule has 0 bridgehead atoms. The third-order valence-electron chi connectivity index (χ3n) is 3.66. The summed E-state index contributed by atoms with van der Waals surface area (Å²) in [5.74, 6) is -0.550. The van der Waals surface area contributed by atoms with Crippen LogP contribution in [0, 0.1) is 19.3 Å². The first-order valence-corrected chi connectivity index (χ1v) is 6.74. The molecule has 1 aliphatic heterocycles. The summed E-state index contributed by atoms with van der Waals surface area (Å²) in [6.07, 6.45) is 0.841. The second-order valence-corrected chi connectivity index (χ2v) is 6.17. The number of rotatable bonds is 2. The van der Waals surface area contributed by atoms with E-state index in [1.54, 1.807) is 0 Å². The van der Waals surface area contributed by atoms with Crippen LogP contribution in [0.3, 0.4) is 0 Å². The van der Waals surface area contributed by atoms with E-state index in [2.05, 4.69) is 52.8 Å². The van der Waals surface area contributed by atoms with Crippen LogP contribution in [0.4, 0.5) is 0 Å². The van der Waals surface area contributed by atoms with Gasteiger partial charge in [-0.1, -0.05) is 44.5 Å². The lowest BCUT2D eigenvalue weighted by Crippen LogP contribution is -2.45. The van der Waals surface area contributed by atoms with Crippen molar-refractivity contribution in [2.24, 2.45) is 5.41 Å². The second kappa shape index (κ2) is 4.67. The van der Waals surface area contributed by atoms with Gasteiger partial charge in [0, 0.05) is 17.4 Å². The van der Waals surface area contributed by atoms with Crippen LogP contribution in [0.5, 0.6) is 0 Å². The van der Waals surface area contributed by atoms with Crippen LogP contribution < -0.4 is 0 Å². The van der Waals surface area contributed by atoms with Crippen LogP contribution in [0.2, 0.25) is 0 Å². The van der Waals surface area contributed by atoms with Gasteiger partial charge in [-0.05, 0) is 19.4 Å². The first-order chi connectivity index (χ1) is 8.38. The molecule has 1 saturated heterocycles. The number of hydrogen-bond acceptors (Lipinski definition) is 2. The third kappa shape index (κ3) is 2.45. The SMILES string of the molecule is CCC1(c2cc(C)ccc2C)OCC(C)(C)CO1. The Morgan fingerprint density at radius 3 is 2.28 bits per heavy atom. The minimum atomic E-state index is -0.550. The molecule has 18 heavy (non-hydrogen) atoms. The van der Waals surface area contributed by atoms with Crippen LogP contribution in [0.25, 0.3) is 0 Å². The summed E-state index contributed by atoms with van der Waals surface area (Å²) in [6, 6.07) is 6.47. The maximum absolute atomic E-state index is 6.13. The highest BCUT2D eigenvalue weighted by atomic mass is 16.7. The van der Waals surface area contributed by atoms with Crippen molar-refractivity contribution < 1.29 is 9.47 Å². The van der Waals surface area contributed by atoms with Gasteiger partial charge in [0.15, 0.2) is 5.79 Å². The molecule has 1 heterocycles. The highest BCUT2D eigenvalue weighted by Gasteiger charge is 2.41. The van der Waals surface area contributed by atoms with E-state index >= 15 is 0 Å².